The molecule has 264 valence electrons. The first-order valence-corrected chi connectivity index (χ1v) is 15.8. The van der Waals surface area contributed by atoms with Gasteiger partial charge in [0, 0.05) is 43.9 Å². The number of aryl methyl sites for hydroxylation is 1. The zero-order chi connectivity index (χ0) is 36.5. The average Bonchev–Trinajstić information content (AvgIpc) is 3.11. The number of nitrogens with zero attached hydrogens (tertiary/aromatic N) is 1. The Morgan fingerprint density at radius 3 is 2.00 bits per heavy atom. The maximum absolute atomic E-state index is 13.8. The summed E-state index contributed by atoms with van der Waals surface area (Å²) in [5, 5.41) is 20.1. The number of unbranched alkanes of at least 4 members (excludes halogenated alkanes) is 1. The van der Waals surface area contributed by atoms with Gasteiger partial charge in [0.2, 0.25) is 0 Å². The number of amides is 2. The van der Waals surface area contributed by atoms with Gasteiger partial charge in [-0.05, 0) is 77.4 Å². The molecule has 50 heavy (non-hydrogen) atoms. The summed E-state index contributed by atoms with van der Waals surface area (Å²) in [4.78, 5) is 37.0. The van der Waals surface area contributed by atoms with E-state index in [9.17, 15) is 22.8 Å². The molecule has 0 aliphatic carbocycles. The lowest BCUT2D eigenvalue weighted by Gasteiger charge is -2.24. The summed E-state index contributed by atoms with van der Waals surface area (Å²) in [5.74, 6) is -3.04. The standard InChI is InChI=1S/C35H40N6O2.C2HF3O2/c36-19-20-39-33(42)32-14-7-13-31(23-32)30-12-6-11-28(22-30)25-41(21-5-4-10-26-8-2-1-3-9-26)34(43)29-17-15-27(16-18-29)24-40-35(37)38;3-2(4,5)1(6)7/h1-3,6-9,11-18,22-23H,4-5,10,19-21,24-25,36H2,(H,39,42)(H4,37,38,40);(H,6,7). The molecule has 0 radical (unpaired) electrons. The molecule has 0 bridgehead atoms. The normalized spacial score (nSPS) is 10.7. The molecule has 0 atom stereocenters. The van der Waals surface area contributed by atoms with Crippen molar-refractivity contribution in [1.82, 2.24) is 15.5 Å². The molecular weight excluding hydrogens is 649 g/mol. The monoisotopic (exact) mass is 690 g/mol. The van der Waals surface area contributed by atoms with Gasteiger partial charge in [-0.1, -0.05) is 72.8 Å². The molecule has 8 N–H and O–H groups in total. The molecule has 0 saturated heterocycles. The zero-order valence-corrected chi connectivity index (χ0v) is 27.4. The number of alkyl halides is 3. The smallest absolute Gasteiger partial charge is 0.475 e. The topological polar surface area (TPSA) is 175 Å². The van der Waals surface area contributed by atoms with Crippen LogP contribution in [-0.2, 0) is 24.3 Å². The third-order valence-corrected chi connectivity index (χ3v) is 7.39. The maximum Gasteiger partial charge on any atom is 0.490 e. The molecule has 0 unspecified atom stereocenters. The number of aliphatic carboxylic acids is 1. The Hall–Kier alpha value is -5.69. The predicted octanol–water partition coefficient (Wildman–Crippen LogP) is 5.32. The number of carboxylic acid groups (broad SMARTS) is 1. The van der Waals surface area contributed by atoms with Gasteiger partial charge in [0.15, 0.2) is 5.96 Å². The van der Waals surface area contributed by atoms with E-state index in [1.54, 1.807) is 6.07 Å². The number of hydrogen-bond acceptors (Lipinski definition) is 5. The molecule has 4 aromatic rings. The summed E-state index contributed by atoms with van der Waals surface area (Å²) >= 11 is 0. The van der Waals surface area contributed by atoms with Crippen LogP contribution < -0.4 is 22.1 Å². The molecule has 0 spiro atoms. The van der Waals surface area contributed by atoms with Gasteiger partial charge in [0.1, 0.15) is 0 Å². The first-order chi connectivity index (χ1) is 23.9. The van der Waals surface area contributed by atoms with E-state index in [2.05, 4.69) is 41.0 Å². The number of nitrogens with two attached hydrogens (primary N) is 2. The van der Waals surface area contributed by atoms with Crippen molar-refractivity contribution in [2.45, 2.75) is 38.5 Å². The molecule has 4 aromatic carbocycles. The molecular formula is C37H41F3N6O4. The number of halogens is 3. The van der Waals surface area contributed by atoms with Crippen molar-refractivity contribution in [3.05, 3.63) is 131 Å². The second-order valence-corrected chi connectivity index (χ2v) is 11.3. The number of guanidine groups is 1. The Morgan fingerprint density at radius 1 is 0.760 bits per heavy atom. The van der Waals surface area contributed by atoms with E-state index >= 15 is 0 Å². The number of carboxylic acids is 1. The largest absolute Gasteiger partial charge is 0.490 e. The van der Waals surface area contributed by atoms with Gasteiger partial charge in [-0.3, -0.25) is 15.0 Å². The summed E-state index contributed by atoms with van der Waals surface area (Å²) < 4.78 is 31.7. The van der Waals surface area contributed by atoms with Crippen LogP contribution in [0.4, 0.5) is 13.2 Å². The van der Waals surface area contributed by atoms with Crippen molar-refractivity contribution in [3.8, 4) is 11.1 Å². The van der Waals surface area contributed by atoms with Crippen LogP contribution in [-0.4, -0.2) is 59.6 Å². The second kappa shape index (κ2) is 19.3. The average molecular weight is 691 g/mol. The van der Waals surface area contributed by atoms with Crippen LogP contribution >= 0.6 is 0 Å². The molecule has 0 aliphatic rings. The second-order valence-electron chi connectivity index (χ2n) is 11.3. The van der Waals surface area contributed by atoms with Crippen molar-refractivity contribution in [3.63, 3.8) is 0 Å². The molecule has 2 amide bonds. The van der Waals surface area contributed by atoms with Crippen LogP contribution in [0.25, 0.3) is 11.1 Å². The van der Waals surface area contributed by atoms with Gasteiger partial charge in [-0.2, -0.15) is 13.2 Å². The Morgan fingerprint density at radius 2 is 1.38 bits per heavy atom. The van der Waals surface area contributed by atoms with E-state index in [1.165, 1.54) is 5.56 Å². The highest BCUT2D eigenvalue weighted by atomic mass is 19.4. The molecule has 0 aliphatic heterocycles. The zero-order valence-electron chi connectivity index (χ0n) is 27.4. The van der Waals surface area contributed by atoms with E-state index in [0.717, 1.165) is 41.5 Å². The third kappa shape index (κ3) is 13.1. The third-order valence-electron chi connectivity index (χ3n) is 7.39. The van der Waals surface area contributed by atoms with Crippen LogP contribution in [0.2, 0.25) is 0 Å². The summed E-state index contributed by atoms with van der Waals surface area (Å²) in [5.41, 5.74) is 17.3. The highest BCUT2D eigenvalue weighted by molar-refractivity contribution is 5.95. The number of hydrogen-bond donors (Lipinski definition) is 6. The highest BCUT2D eigenvalue weighted by Gasteiger charge is 2.38. The van der Waals surface area contributed by atoms with Crippen LogP contribution in [0.1, 0.15) is 50.2 Å². The molecule has 10 nitrogen and oxygen atoms in total. The van der Waals surface area contributed by atoms with Crippen molar-refractivity contribution < 1.29 is 32.7 Å². The lowest BCUT2D eigenvalue weighted by Crippen LogP contribution is -2.32. The molecule has 4 rings (SSSR count). The van der Waals surface area contributed by atoms with Crippen molar-refractivity contribution in [1.29, 1.82) is 5.41 Å². The lowest BCUT2D eigenvalue weighted by molar-refractivity contribution is -0.192. The van der Waals surface area contributed by atoms with E-state index in [0.29, 0.717) is 43.9 Å². The summed E-state index contributed by atoms with van der Waals surface area (Å²) in [6, 6.07) is 33.4. The van der Waals surface area contributed by atoms with E-state index in [4.69, 9.17) is 26.8 Å². The number of carbonyl (C=O) groups is 3. The number of rotatable bonds is 14. The van der Waals surface area contributed by atoms with Gasteiger partial charge in [0.25, 0.3) is 11.8 Å². The Kier molecular flexibility index (Phi) is 15.0. The lowest BCUT2D eigenvalue weighted by atomic mass is 10.0. The van der Waals surface area contributed by atoms with Gasteiger partial charge >= 0.3 is 12.1 Å². The van der Waals surface area contributed by atoms with E-state index in [-0.39, 0.29) is 17.8 Å². The molecule has 13 heteroatoms. The fourth-order valence-corrected chi connectivity index (χ4v) is 4.87. The Labute approximate surface area is 288 Å². The molecule has 0 heterocycles. The fourth-order valence-electron chi connectivity index (χ4n) is 4.87. The molecule has 0 saturated carbocycles. The van der Waals surface area contributed by atoms with Crippen LogP contribution in [0.3, 0.4) is 0 Å². The minimum Gasteiger partial charge on any atom is -0.475 e. The number of nitrogens with one attached hydrogen (secondary N) is 3. The quantitative estimate of drug-likeness (QED) is 0.0590. The summed E-state index contributed by atoms with van der Waals surface area (Å²) in [7, 11) is 0. The Bertz CT molecular complexity index is 1720. The molecule has 0 aromatic heterocycles. The van der Waals surface area contributed by atoms with Crippen molar-refractivity contribution >= 4 is 23.7 Å². The SMILES string of the molecule is N=C(N)NCc1ccc(C(=O)N(CCCCc2ccccc2)Cc2cccc(-c3cccc(C(=O)NCCN)c3)c2)cc1.O=C(O)C(F)(F)F. The molecule has 0 fully saturated rings. The minimum absolute atomic E-state index is 0.0326. The van der Waals surface area contributed by atoms with Gasteiger partial charge in [-0.25, -0.2) is 4.79 Å². The fraction of sp³-hybridized carbons (Fsp3) is 0.243. The summed E-state index contributed by atoms with van der Waals surface area (Å²) in [6.07, 6.45) is -2.27. The summed E-state index contributed by atoms with van der Waals surface area (Å²) in [6.45, 7) is 2.32. The number of carbonyl (C=O) groups excluding carboxylic acids is 2. The van der Waals surface area contributed by atoms with E-state index in [1.807, 2.05) is 71.6 Å². The van der Waals surface area contributed by atoms with Crippen molar-refractivity contribution in [2.75, 3.05) is 19.6 Å². The maximum atomic E-state index is 13.8. The number of benzene rings is 4. The van der Waals surface area contributed by atoms with Crippen LogP contribution in [0.15, 0.2) is 103 Å². The van der Waals surface area contributed by atoms with Crippen LogP contribution in [0.5, 0.6) is 0 Å². The van der Waals surface area contributed by atoms with Gasteiger partial charge in [0.05, 0.1) is 0 Å². The first kappa shape index (κ1) is 38.8. The van der Waals surface area contributed by atoms with Crippen molar-refractivity contribution in [2.24, 2.45) is 11.5 Å². The highest BCUT2D eigenvalue weighted by Crippen LogP contribution is 2.23. The Balaban J connectivity index is 0.000000872. The van der Waals surface area contributed by atoms with Crippen LogP contribution in [0, 0.1) is 5.41 Å². The van der Waals surface area contributed by atoms with Gasteiger partial charge in [-0.15, -0.1) is 0 Å². The van der Waals surface area contributed by atoms with Gasteiger partial charge < -0.3 is 32.1 Å². The minimum atomic E-state index is -5.08. The van der Waals surface area contributed by atoms with E-state index < -0.39 is 12.1 Å². The predicted molar refractivity (Wildman–Crippen MR) is 186 cm³/mol. The first-order valence-electron chi connectivity index (χ1n) is 15.8.